The van der Waals surface area contributed by atoms with Gasteiger partial charge in [0.25, 0.3) is 0 Å². The predicted molar refractivity (Wildman–Crippen MR) is 80.1 cm³/mol. The number of rotatable bonds is 7. The molecule has 108 valence electrons. The van der Waals surface area contributed by atoms with E-state index >= 15 is 0 Å². The first-order valence-electron chi connectivity index (χ1n) is 6.69. The highest BCUT2D eigenvalue weighted by atomic mass is 35.5. The molecule has 1 aromatic rings. The maximum Gasteiger partial charge on any atom is 0.243 e. The minimum Gasteiger partial charge on any atom is -0.207 e. The second kappa shape index (κ2) is 7.27. The van der Waals surface area contributed by atoms with Gasteiger partial charge in [0.1, 0.15) is 0 Å². The van der Waals surface area contributed by atoms with Gasteiger partial charge in [-0.1, -0.05) is 26.8 Å². The average Bonchev–Trinajstić information content (AvgIpc) is 2.43. The van der Waals surface area contributed by atoms with E-state index in [2.05, 4.69) is 0 Å². The monoisotopic (exact) mass is 303 g/mol. The van der Waals surface area contributed by atoms with Crippen molar-refractivity contribution >= 4 is 21.6 Å². The van der Waals surface area contributed by atoms with Crippen LogP contribution in [0.1, 0.15) is 38.3 Å². The molecule has 3 nitrogen and oxygen atoms in total. The number of benzene rings is 1. The Morgan fingerprint density at radius 1 is 1.16 bits per heavy atom. The molecule has 0 amide bonds. The zero-order chi connectivity index (χ0) is 14.5. The summed E-state index contributed by atoms with van der Waals surface area (Å²) in [5.41, 5.74) is 2.00. The van der Waals surface area contributed by atoms with Crippen LogP contribution in [0.2, 0.25) is 0 Å². The number of alkyl halides is 1. The minimum absolute atomic E-state index is 0.340. The molecular weight excluding hydrogens is 282 g/mol. The van der Waals surface area contributed by atoms with E-state index in [1.165, 1.54) is 4.31 Å². The van der Waals surface area contributed by atoms with Crippen molar-refractivity contribution in [2.75, 3.05) is 13.1 Å². The summed E-state index contributed by atoms with van der Waals surface area (Å²) < 4.78 is 26.5. The van der Waals surface area contributed by atoms with Crippen molar-refractivity contribution in [2.45, 2.75) is 44.4 Å². The summed E-state index contributed by atoms with van der Waals surface area (Å²) in [5.74, 6) is 0.340. The van der Waals surface area contributed by atoms with Gasteiger partial charge in [0, 0.05) is 19.0 Å². The highest BCUT2D eigenvalue weighted by Gasteiger charge is 2.22. The molecule has 0 bridgehead atoms. The molecular formula is C14H22ClNO2S. The standard InChI is InChI=1S/C14H22ClNO2S/c1-4-9-16(6-3)19(17,18)14-8-7-12(5-2)13(10-14)11-15/h7-8,10H,4-6,9,11H2,1-3H3. The molecule has 0 N–H and O–H groups in total. The Bertz CT molecular complexity index is 514. The molecule has 1 aromatic carbocycles. The molecule has 0 atom stereocenters. The van der Waals surface area contributed by atoms with Gasteiger partial charge < -0.3 is 0 Å². The van der Waals surface area contributed by atoms with Crippen molar-refractivity contribution < 1.29 is 8.42 Å². The molecule has 0 fully saturated rings. The third-order valence-corrected chi connectivity index (χ3v) is 5.42. The Morgan fingerprint density at radius 3 is 2.32 bits per heavy atom. The van der Waals surface area contributed by atoms with E-state index < -0.39 is 10.0 Å². The first-order chi connectivity index (χ1) is 9.01. The fourth-order valence-corrected chi connectivity index (χ4v) is 3.92. The average molecular weight is 304 g/mol. The largest absolute Gasteiger partial charge is 0.243 e. The van der Waals surface area contributed by atoms with Gasteiger partial charge in [-0.05, 0) is 36.1 Å². The van der Waals surface area contributed by atoms with E-state index in [-0.39, 0.29) is 0 Å². The van der Waals surface area contributed by atoms with Gasteiger partial charge in [-0.25, -0.2) is 8.42 Å². The number of nitrogens with zero attached hydrogens (tertiary/aromatic N) is 1. The summed E-state index contributed by atoms with van der Waals surface area (Å²) >= 11 is 5.90. The van der Waals surface area contributed by atoms with Gasteiger partial charge in [0.05, 0.1) is 4.90 Å². The van der Waals surface area contributed by atoms with Crippen molar-refractivity contribution in [3.05, 3.63) is 29.3 Å². The molecule has 0 heterocycles. The van der Waals surface area contributed by atoms with Gasteiger partial charge in [-0.15, -0.1) is 11.6 Å². The van der Waals surface area contributed by atoms with Crippen molar-refractivity contribution in [3.63, 3.8) is 0 Å². The summed E-state index contributed by atoms with van der Waals surface area (Å²) in [5, 5.41) is 0. The molecule has 0 aromatic heterocycles. The van der Waals surface area contributed by atoms with Crippen LogP contribution in [0.15, 0.2) is 23.1 Å². The zero-order valence-corrected chi connectivity index (χ0v) is 13.4. The first kappa shape index (κ1) is 16.5. The molecule has 0 aliphatic rings. The number of aryl methyl sites for hydroxylation is 1. The molecule has 19 heavy (non-hydrogen) atoms. The SMILES string of the molecule is CCCN(CC)S(=O)(=O)c1ccc(CC)c(CCl)c1. The fraction of sp³-hybridized carbons (Fsp3) is 0.571. The van der Waals surface area contributed by atoms with Gasteiger partial charge in [-0.3, -0.25) is 0 Å². The summed E-state index contributed by atoms with van der Waals surface area (Å²) in [6.07, 6.45) is 1.66. The molecule has 0 radical (unpaired) electrons. The van der Waals surface area contributed by atoms with Crippen molar-refractivity contribution in [1.29, 1.82) is 0 Å². The normalized spacial score (nSPS) is 12.1. The lowest BCUT2D eigenvalue weighted by molar-refractivity contribution is 0.427. The van der Waals surface area contributed by atoms with Crippen LogP contribution in [0.4, 0.5) is 0 Å². The molecule has 0 saturated heterocycles. The lowest BCUT2D eigenvalue weighted by Gasteiger charge is -2.20. The number of sulfonamides is 1. The third-order valence-electron chi connectivity index (χ3n) is 3.17. The van der Waals surface area contributed by atoms with Gasteiger partial charge in [0.15, 0.2) is 0 Å². The molecule has 5 heteroatoms. The van der Waals surface area contributed by atoms with Crippen LogP contribution in [-0.4, -0.2) is 25.8 Å². The number of hydrogen-bond donors (Lipinski definition) is 0. The summed E-state index contributed by atoms with van der Waals surface area (Å²) in [4.78, 5) is 0.343. The predicted octanol–water partition coefficient (Wildman–Crippen LogP) is 3.41. The number of hydrogen-bond acceptors (Lipinski definition) is 2. The smallest absolute Gasteiger partial charge is 0.207 e. The Morgan fingerprint density at radius 2 is 1.84 bits per heavy atom. The molecule has 0 spiro atoms. The van der Waals surface area contributed by atoms with Crippen LogP contribution in [0, 0.1) is 0 Å². The van der Waals surface area contributed by atoms with Crippen LogP contribution in [0.5, 0.6) is 0 Å². The van der Waals surface area contributed by atoms with E-state index in [1.807, 2.05) is 26.8 Å². The number of halogens is 1. The van der Waals surface area contributed by atoms with E-state index in [1.54, 1.807) is 12.1 Å². The fourth-order valence-electron chi connectivity index (χ4n) is 2.08. The highest BCUT2D eigenvalue weighted by Crippen LogP contribution is 2.21. The highest BCUT2D eigenvalue weighted by molar-refractivity contribution is 7.89. The van der Waals surface area contributed by atoms with Crippen molar-refractivity contribution in [1.82, 2.24) is 4.31 Å². The van der Waals surface area contributed by atoms with Gasteiger partial charge in [0.2, 0.25) is 10.0 Å². The molecule has 0 aliphatic carbocycles. The van der Waals surface area contributed by atoms with E-state index in [0.717, 1.165) is 24.0 Å². The van der Waals surface area contributed by atoms with E-state index in [0.29, 0.717) is 23.9 Å². The minimum atomic E-state index is -3.40. The first-order valence-corrected chi connectivity index (χ1v) is 8.66. The molecule has 0 saturated carbocycles. The van der Waals surface area contributed by atoms with Crippen molar-refractivity contribution in [3.8, 4) is 0 Å². The maximum absolute atomic E-state index is 12.5. The van der Waals surface area contributed by atoms with Crippen LogP contribution < -0.4 is 0 Å². The second-order valence-electron chi connectivity index (χ2n) is 4.41. The Kier molecular flexibility index (Phi) is 6.30. The molecule has 0 aliphatic heterocycles. The summed E-state index contributed by atoms with van der Waals surface area (Å²) in [7, 11) is -3.40. The van der Waals surface area contributed by atoms with Gasteiger partial charge >= 0.3 is 0 Å². The van der Waals surface area contributed by atoms with Gasteiger partial charge in [-0.2, -0.15) is 4.31 Å². The topological polar surface area (TPSA) is 37.4 Å². The quantitative estimate of drug-likeness (QED) is 0.724. The molecule has 1 rings (SSSR count). The van der Waals surface area contributed by atoms with E-state index in [9.17, 15) is 8.42 Å². The van der Waals surface area contributed by atoms with Crippen LogP contribution in [-0.2, 0) is 22.3 Å². The van der Waals surface area contributed by atoms with Crippen LogP contribution >= 0.6 is 11.6 Å². The lowest BCUT2D eigenvalue weighted by Crippen LogP contribution is -2.31. The van der Waals surface area contributed by atoms with Crippen molar-refractivity contribution in [2.24, 2.45) is 0 Å². The lowest BCUT2D eigenvalue weighted by atomic mass is 10.1. The molecule has 0 unspecified atom stereocenters. The van der Waals surface area contributed by atoms with Crippen LogP contribution in [0.3, 0.4) is 0 Å². The summed E-state index contributed by atoms with van der Waals surface area (Å²) in [6, 6.07) is 5.26. The van der Waals surface area contributed by atoms with E-state index in [4.69, 9.17) is 11.6 Å². The third kappa shape index (κ3) is 3.71. The summed E-state index contributed by atoms with van der Waals surface area (Å²) in [6.45, 7) is 6.90. The Hall–Kier alpha value is -0.580. The Balaban J connectivity index is 3.21. The van der Waals surface area contributed by atoms with Crippen LogP contribution in [0.25, 0.3) is 0 Å². The Labute approximate surface area is 121 Å². The second-order valence-corrected chi connectivity index (χ2v) is 6.62. The maximum atomic E-state index is 12.5. The zero-order valence-electron chi connectivity index (χ0n) is 11.8.